The summed E-state index contributed by atoms with van der Waals surface area (Å²) in [5.41, 5.74) is 0. The third-order valence-corrected chi connectivity index (χ3v) is 2.31. The number of rotatable bonds is 4. The standard InChI is InChI=1S/C10H21N2/c1-4-11-10-5-6-12(8-10)7-9(2)3/h10-11H,4-8H2,1-3H3/t10-/m1/s1. The number of hydrogen-bond donors (Lipinski definition) is 1. The zero-order valence-corrected chi connectivity index (χ0v) is 8.56. The Balaban J connectivity index is 2.16. The van der Waals surface area contributed by atoms with Crippen molar-refractivity contribution in [3.63, 3.8) is 0 Å². The predicted molar refractivity (Wildman–Crippen MR) is 53.1 cm³/mol. The van der Waals surface area contributed by atoms with E-state index in [0.29, 0.717) is 0 Å². The topological polar surface area (TPSA) is 15.3 Å². The Morgan fingerprint density at radius 3 is 2.83 bits per heavy atom. The zero-order valence-electron chi connectivity index (χ0n) is 8.56. The highest BCUT2D eigenvalue weighted by Gasteiger charge is 2.21. The Hall–Kier alpha value is -0.0800. The lowest BCUT2D eigenvalue weighted by molar-refractivity contribution is 0.341. The number of likely N-dealkylation sites (tertiary alicyclic amines) is 1. The van der Waals surface area contributed by atoms with E-state index in [4.69, 9.17) is 0 Å². The first-order valence-electron chi connectivity index (χ1n) is 4.97. The van der Waals surface area contributed by atoms with Crippen molar-refractivity contribution in [2.45, 2.75) is 33.2 Å². The fourth-order valence-electron chi connectivity index (χ4n) is 1.88. The van der Waals surface area contributed by atoms with E-state index in [0.717, 1.165) is 12.6 Å². The summed E-state index contributed by atoms with van der Waals surface area (Å²) in [6, 6.07) is 0.745. The quantitative estimate of drug-likeness (QED) is 0.682. The second-order valence-electron chi connectivity index (χ2n) is 3.99. The monoisotopic (exact) mass is 169 g/mol. The summed E-state index contributed by atoms with van der Waals surface area (Å²) in [5.74, 6) is 1.52. The van der Waals surface area contributed by atoms with Gasteiger partial charge in [0.15, 0.2) is 0 Å². The first-order chi connectivity index (χ1) is 5.72. The van der Waals surface area contributed by atoms with Gasteiger partial charge in [-0.15, -0.1) is 0 Å². The van der Waals surface area contributed by atoms with Crippen molar-refractivity contribution in [1.82, 2.24) is 10.2 Å². The lowest BCUT2D eigenvalue weighted by Crippen LogP contribution is -2.33. The number of likely N-dealkylation sites (N-methyl/N-ethyl adjacent to an activating group) is 1. The summed E-state index contributed by atoms with van der Waals surface area (Å²) in [7, 11) is 0. The summed E-state index contributed by atoms with van der Waals surface area (Å²) in [4.78, 5) is 2.53. The molecule has 0 bridgehead atoms. The minimum absolute atomic E-state index is 0.745. The fraction of sp³-hybridized carbons (Fsp3) is 0.900. The molecule has 1 fully saturated rings. The molecule has 0 aromatic carbocycles. The van der Waals surface area contributed by atoms with Crippen LogP contribution in [0.15, 0.2) is 0 Å². The van der Waals surface area contributed by atoms with Crippen LogP contribution < -0.4 is 5.32 Å². The van der Waals surface area contributed by atoms with Crippen LogP contribution in [-0.4, -0.2) is 37.1 Å². The first kappa shape index (κ1) is 10.0. The van der Waals surface area contributed by atoms with Crippen molar-refractivity contribution in [2.75, 3.05) is 26.2 Å². The molecule has 1 aliphatic heterocycles. The molecule has 0 amide bonds. The normalized spacial score (nSPS) is 25.5. The van der Waals surface area contributed by atoms with Gasteiger partial charge in [-0.05, 0) is 25.4 Å². The van der Waals surface area contributed by atoms with Gasteiger partial charge in [0.1, 0.15) is 0 Å². The number of nitrogens with zero attached hydrogens (tertiary/aromatic N) is 1. The average molecular weight is 169 g/mol. The van der Waals surface area contributed by atoms with Crippen LogP contribution in [0.25, 0.3) is 0 Å². The van der Waals surface area contributed by atoms with Gasteiger partial charge in [0.05, 0.1) is 0 Å². The molecule has 1 heterocycles. The Kier molecular flexibility index (Phi) is 4.02. The third-order valence-electron chi connectivity index (χ3n) is 2.31. The van der Waals surface area contributed by atoms with Crippen molar-refractivity contribution >= 4 is 0 Å². The molecule has 1 radical (unpaired) electrons. The van der Waals surface area contributed by atoms with Gasteiger partial charge in [0.25, 0.3) is 0 Å². The van der Waals surface area contributed by atoms with Gasteiger partial charge in [-0.3, -0.25) is 0 Å². The minimum Gasteiger partial charge on any atom is -0.313 e. The zero-order chi connectivity index (χ0) is 8.97. The molecule has 71 valence electrons. The number of hydrogen-bond acceptors (Lipinski definition) is 2. The van der Waals surface area contributed by atoms with Crippen LogP contribution in [-0.2, 0) is 0 Å². The molecule has 12 heavy (non-hydrogen) atoms. The molecule has 0 aromatic rings. The summed E-state index contributed by atoms with van der Waals surface area (Å²) in [5, 5.41) is 3.50. The molecule has 1 saturated heterocycles. The van der Waals surface area contributed by atoms with E-state index in [1.807, 2.05) is 0 Å². The summed E-state index contributed by atoms with van der Waals surface area (Å²) < 4.78 is 0. The van der Waals surface area contributed by atoms with E-state index in [1.54, 1.807) is 0 Å². The molecule has 1 rings (SSSR count). The molecule has 1 atom stereocenters. The highest BCUT2D eigenvalue weighted by atomic mass is 15.2. The molecule has 0 saturated carbocycles. The summed E-state index contributed by atoms with van der Waals surface area (Å²) >= 11 is 0. The average Bonchev–Trinajstić information content (AvgIpc) is 2.36. The van der Waals surface area contributed by atoms with Crippen molar-refractivity contribution < 1.29 is 0 Å². The first-order valence-corrected chi connectivity index (χ1v) is 4.97. The number of nitrogens with one attached hydrogen (secondary N) is 1. The summed E-state index contributed by atoms with van der Waals surface area (Å²) in [6.07, 6.45) is 1.32. The molecular weight excluding hydrogens is 148 g/mol. The SMILES string of the molecule is CCN[C@@H]1CCN(C[C](C)C)C1. The predicted octanol–water partition coefficient (Wildman–Crippen LogP) is 1.28. The van der Waals surface area contributed by atoms with Crippen LogP contribution in [0.3, 0.4) is 0 Å². The van der Waals surface area contributed by atoms with Gasteiger partial charge in [-0.2, -0.15) is 0 Å². The second kappa shape index (κ2) is 4.83. The Morgan fingerprint density at radius 1 is 1.50 bits per heavy atom. The van der Waals surface area contributed by atoms with Crippen LogP contribution in [0.4, 0.5) is 0 Å². The highest BCUT2D eigenvalue weighted by Crippen LogP contribution is 2.11. The minimum atomic E-state index is 0.745. The van der Waals surface area contributed by atoms with E-state index in [-0.39, 0.29) is 0 Å². The van der Waals surface area contributed by atoms with Crippen LogP contribution >= 0.6 is 0 Å². The molecular formula is C10H21N2. The van der Waals surface area contributed by atoms with E-state index in [9.17, 15) is 0 Å². The molecule has 1 aliphatic rings. The van der Waals surface area contributed by atoms with Crippen LogP contribution in [0.2, 0.25) is 0 Å². The van der Waals surface area contributed by atoms with Gasteiger partial charge in [-0.1, -0.05) is 20.8 Å². The Labute approximate surface area is 76.3 Å². The summed E-state index contributed by atoms with van der Waals surface area (Å²) in [6.45, 7) is 11.4. The third kappa shape index (κ3) is 3.11. The van der Waals surface area contributed by atoms with Crippen molar-refractivity contribution in [2.24, 2.45) is 0 Å². The molecule has 2 heteroatoms. The molecule has 2 nitrogen and oxygen atoms in total. The van der Waals surface area contributed by atoms with Crippen molar-refractivity contribution in [3.8, 4) is 0 Å². The lowest BCUT2D eigenvalue weighted by atomic mass is 10.2. The maximum Gasteiger partial charge on any atom is 0.0207 e. The second-order valence-corrected chi connectivity index (χ2v) is 3.99. The van der Waals surface area contributed by atoms with Gasteiger partial charge in [-0.25, -0.2) is 0 Å². The smallest absolute Gasteiger partial charge is 0.0207 e. The van der Waals surface area contributed by atoms with E-state index >= 15 is 0 Å². The fourth-order valence-corrected chi connectivity index (χ4v) is 1.88. The maximum absolute atomic E-state index is 3.50. The van der Waals surface area contributed by atoms with Gasteiger partial charge >= 0.3 is 0 Å². The molecule has 0 aliphatic carbocycles. The largest absolute Gasteiger partial charge is 0.313 e. The van der Waals surface area contributed by atoms with Crippen molar-refractivity contribution in [3.05, 3.63) is 5.92 Å². The van der Waals surface area contributed by atoms with E-state index in [1.165, 1.54) is 32.0 Å². The molecule has 0 spiro atoms. The van der Waals surface area contributed by atoms with E-state index < -0.39 is 0 Å². The highest BCUT2D eigenvalue weighted by molar-refractivity contribution is 4.88. The molecule has 1 N–H and O–H groups in total. The van der Waals surface area contributed by atoms with E-state index in [2.05, 4.69) is 31.0 Å². The van der Waals surface area contributed by atoms with Crippen LogP contribution in [0.5, 0.6) is 0 Å². The maximum atomic E-state index is 3.50. The van der Waals surface area contributed by atoms with Gasteiger partial charge in [0, 0.05) is 19.1 Å². The Morgan fingerprint density at radius 2 is 2.25 bits per heavy atom. The van der Waals surface area contributed by atoms with Gasteiger partial charge < -0.3 is 10.2 Å². The van der Waals surface area contributed by atoms with Crippen LogP contribution in [0, 0.1) is 5.92 Å². The molecule has 0 aromatic heterocycles. The van der Waals surface area contributed by atoms with Crippen molar-refractivity contribution in [1.29, 1.82) is 0 Å². The Bertz CT molecular complexity index is 123. The van der Waals surface area contributed by atoms with Gasteiger partial charge in [0.2, 0.25) is 0 Å². The molecule has 0 unspecified atom stereocenters. The lowest BCUT2D eigenvalue weighted by Gasteiger charge is -2.17. The van der Waals surface area contributed by atoms with Crippen LogP contribution in [0.1, 0.15) is 27.2 Å².